The van der Waals surface area contributed by atoms with Crippen LogP contribution >= 0.6 is 0 Å². The molecule has 0 spiro atoms. The van der Waals surface area contributed by atoms with Crippen LogP contribution < -0.4 is 28.1 Å². The molecule has 42 heavy (non-hydrogen) atoms. The monoisotopic (exact) mass is 680 g/mol. The normalized spacial score (nSPS) is 14.4. The average molecular weight is 683 g/mol. The zero-order valence-corrected chi connectivity index (χ0v) is 29.7. The van der Waals surface area contributed by atoms with Crippen molar-refractivity contribution in [3.8, 4) is 22.3 Å². The summed E-state index contributed by atoms with van der Waals surface area (Å²) < 4.78 is 1.77. The van der Waals surface area contributed by atoms with Crippen molar-refractivity contribution in [2.45, 2.75) is 51.6 Å². The van der Waals surface area contributed by atoms with Crippen molar-refractivity contribution in [1.82, 2.24) is 0 Å². The SMILES string of the molecule is CCCCC1=Cc2c(-c3ccc4ccccc4c3)cccc2C1c1[c]([Zr+2][SiH](C)C)ccc2c1Cc1ccccc1-2.[Cl-].[Cl-]. The van der Waals surface area contributed by atoms with Crippen LogP contribution in [0.4, 0.5) is 0 Å². The molecule has 1 atom stereocenters. The molecular formula is C38H36Cl2SiZr. The van der Waals surface area contributed by atoms with Gasteiger partial charge >= 0.3 is 253 Å². The Labute approximate surface area is 275 Å². The standard InChI is InChI=1S/C36H29.C2H7Si.2ClH.Zr/c1-2-3-10-28-23-34-30(27-20-19-24-11-4-5-12-25(24)21-27)15-8-17-32(34)36(28)33-18-9-16-31-29-14-7-6-13-26(29)22-35(31)33;1-3-2;;;/h4-9,11-17,19-21,23,36H,2-3,10,22H2,1H3;3H,1-2H3;2*1H;/q;;;;+2/p-2. The second-order valence-electron chi connectivity index (χ2n) is 11.8. The number of hydrogen-bond acceptors (Lipinski definition) is 0. The summed E-state index contributed by atoms with van der Waals surface area (Å²) in [7, 11) is 0. The molecule has 7 rings (SSSR count). The largest absolute Gasteiger partial charge is 1.00 e. The molecular weight excluding hydrogens is 647 g/mol. The molecule has 2 aliphatic carbocycles. The third-order valence-electron chi connectivity index (χ3n) is 8.80. The third-order valence-corrected chi connectivity index (χ3v) is 17.3. The van der Waals surface area contributed by atoms with Gasteiger partial charge in [0.1, 0.15) is 0 Å². The van der Waals surface area contributed by atoms with Gasteiger partial charge in [0.05, 0.1) is 0 Å². The van der Waals surface area contributed by atoms with Crippen LogP contribution in [0.2, 0.25) is 13.1 Å². The second-order valence-corrected chi connectivity index (χ2v) is 26.4. The van der Waals surface area contributed by atoms with Crippen molar-refractivity contribution in [3.63, 3.8) is 0 Å². The van der Waals surface area contributed by atoms with E-state index < -0.39 is 28.3 Å². The van der Waals surface area contributed by atoms with E-state index in [1.165, 1.54) is 69.0 Å². The number of unbranched alkanes of at least 4 members (excludes halogenated alkanes) is 1. The van der Waals surface area contributed by atoms with Crippen molar-refractivity contribution >= 4 is 26.0 Å². The molecule has 4 heteroatoms. The Bertz CT molecular complexity index is 1790. The van der Waals surface area contributed by atoms with Gasteiger partial charge in [-0.05, 0) is 0 Å². The van der Waals surface area contributed by atoms with E-state index in [0.717, 1.165) is 6.42 Å². The Kier molecular flexibility index (Phi) is 9.80. The van der Waals surface area contributed by atoms with Gasteiger partial charge in [-0.2, -0.15) is 0 Å². The predicted molar refractivity (Wildman–Crippen MR) is 172 cm³/mol. The van der Waals surface area contributed by atoms with Crippen molar-refractivity contribution in [2.75, 3.05) is 0 Å². The second kappa shape index (κ2) is 13.2. The van der Waals surface area contributed by atoms with Crippen molar-refractivity contribution < 1.29 is 47.2 Å². The Morgan fingerprint density at radius 1 is 0.762 bits per heavy atom. The number of allylic oxidation sites excluding steroid dienone is 1. The Morgan fingerprint density at radius 2 is 1.52 bits per heavy atom. The van der Waals surface area contributed by atoms with Gasteiger partial charge in [-0.1, -0.05) is 0 Å². The van der Waals surface area contributed by atoms with Crippen LogP contribution in [0.3, 0.4) is 0 Å². The summed E-state index contributed by atoms with van der Waals surface area (Å²) in [5.74, 6) is -0.234. The van der Waals surface area contributed by atoms with E-state index in [1.54, 1.807) is 20.0 Å². The zero-order chi connectivity index (χ0) is 27.2. The molecule has 0 saturated heterocycles. The summed E-state index contributed by atoms with van der Waals surface area (Å²) in [4.78, 5) is 0. The summed E-state index contributed by atoms with van der Waals surface area (Å²) >= 11 is -0.598. The molecule has 0 saturated carbocycles. The average Bonchev–Trinajstić information content (AvgIpc) is 3.53. The molecule has 210 valence electrons. The van der Waals surface area contributed by atoms with Crippen LogP contribution in [0.5, 0.6) is 0 Å². The summed E-state index contributed by atoms with van der Waals surface area (Å²) in [5.41, 5.74) is 15.1. The van der Waals surface area contributed by atoms with E-state index in [4.69, 9.17) is 0 Å². The molecule has 2 aliphatic rings. The van der Waals surface area contributed by atoms with Crippen molar-refractivity contribution in [3.05, 3.63) is 130 Å². The first-order valence-electron chi connectivity index (χ1n) is 15.0. The quantitative estimate of drug-likeness (QED) is 0.227. The third kappa shape index (κ3) is 5.57. The van der Waals surface area contributed by atoms with Crippen LogP contribution in [-0.4, -0.2) is 5.92 Å². The maximum atomic E-state index is 2.60. The minimum Gasteiger partial charge on any atom is -1.00 e. The maximum absolute atomic E-state index is 2.60. The van der Waals surface area contributed by atoms with Crippen LogP contribution in [0.15, 0.2) is 103 Å². The van der Waals surface area contributed by atoms with E-state index >= 15 is 0 Å². The van der Waals surface area contributed by atoms with E-state index in [9.17, 15) is 0 Å². The van der Waals surface area contributed by atoms with Gasteiger partial charge in [0.25, 0.3) is 0 Å². The number of benzene rings is 5. The molecule has 0 aromatic heterocycles. The summed E-state index contributed by atoms with van der Waals surface area (Å²) in [5, 5.41) is 2.63. The summed E-state index contributed by atoms with van der Waals surface area (Å²) in [6.07, 6.45) is 7.37. The van der Waals surface area contributed by atoms with Gasteiger partial charge in [-0.15, -0.1) is 0 Å². The van der Waals surface area contributed by atoms with Gasteiger partial charge in [0, 0.05) is 0 Å². The van der Waals surface area contributed by atoms with E-state index in [-0.39, 0.29) is 24.8 Å². The first kappa shape index (κ1) is 31.2. The Balaban J connectivity index is 0.00000176. The van der Waals surface area contributed by atoms with Gasteiger partial charge in [-0.25, -0.2) is 0 Å². The summed E-state index contributed by atoms with van der Waals surface area (Å²) in [6, 6.07) is 37.0. The molecule has 0 aliphatic heterocycles. The fourth-order valence-corrected chi connectivity index (χ4v) is 15.3. The first-order chi connectivity index (χ1) is 19.6. The maximum Gasteiger partial charge on any atom is -1.00 e. The molecule has 0 bridgehead atoms. The predicted octanol–water partition coefficient (Wildman–Crippen LogP) is 3.50. The molecule has 1 unspecified atom stereocenters. The molecule has 0 N–H and O–H groups in total. The van der Waals surface area contributed by atoms with E-state index in [1.807, 2.05) is 0 Å². The van der Waals surface area contributed by atoms with Crippen molar-refractivity contribution in [2.24, 2.45) is 0 Å². The smallest absolute Gasteiger partial charge is 1.00 e. The van der Waals surface area contributed by atoms with Crippen LogP contribution in [-0.2, 0) is 28.8 Å². The fourth-order valence-electron chi connectivity index (χ4n) is 7.01. The fraction of sp³-hybridized carbons (Fsp3) is 0.211. The number of halogens is 2. The van der Waals surface area contributed by atoms with Crippen LogP contribution in [0.1, 0.15) is 59.9 Å². The zero-order valence-electron chi connectivity index (χ0n) is 24.6. The molecule has 0 amide bonds. The number of fused-ring (bicyclic) bond motifs is 5. The van der Waals surface area contributed by atoms with Crippen LogP contribution in [0.25, 0.3) is 39.1 Å². The van der Waals surface area contributed by atoms with E-state index in [2.05, 4.69) is 123 Å². The van der Waals surface area contributed by atoms with Gasteiger partial charge in [0.2, 0.25) is 0 Å². The molecule has 0 fully saturated rings. The minimum absolute atomic E-state index is 0. The minimum atomic E-state index is -0.632. The molecule has 0 radical (unpaired) electrons. The number of hydrogen-bond donors (Lipinski definition) is 0. The van der Waals surface area contributed by atoms with Gasteiger partial charge < -0.3 is 24.8 Å². The molecule has 0 nitrogen and oxygen atoms in total. The van der Waals surface area contributed by atoms with E-state index in [0.29, 0.717) is 5.92 Å². The first-order valence-corrected chi connectivity index (χ1v) is 23.3. The molecule has 5 aromatic rings. The Morgan fingerprint density at radius 3 is 2.33 bits per heavy atom. The van der Waals surface area contributed by atoms with Crippen molar-refractivity contribution in [1.29, 1.82) is 0 Å². The van der Waals surface area contributed by atoms with Gasteiger partial charge in [0.15, 0.2) is 0 Å². The molecule has 5 aromatic carbocycles. The topological polar surface area (TPSA) is 0 Å². The molecule has 0 heterocycles. The Hall–Kier alpha value is -2.22. The van der Waals surface area contributed by atoms with Gasteiger partial charge in [-0.3, -0.25) is 0 Å². The van der Waals surface area contributed by atoms with Crippen LogP contribution in [0, 0.1) is 0 Å². The number of rotatable bonds is 7. The summed E-state index contributed by atoms with van der Waals surface area (Å²) in [6.45, 7) is 7.48.